The zero-order chi connectivity index (χ0) is 14.6. The van der Waals surface area contributed by atoms with Gasteiger partial charge in [0.2, 0.25) is 10.0 Å². The van der Waals surface area contributed by atoms with Gasteiger partial charge in [0, 0.05) is 13.2 Å². The number of nitrogens with one attached hydrogen (secondary N) is 1. The maximum atomic E-state index is 12.2. The summed E-state index contributed by atoms with van der Waals surface area (Å²) in [5.74, 6) is -0.294. The first kappa shape index (κ1) is 15.7. The Labute approximate surface area is 120 Å². The van der Waals surface area contributed by atoms with Crippen LogP contribution in [0.15, 0.2) is 0 Å². The third kappa shape index (κ3) is 4.17. The van der Waals surface area contributed by atoms with Gasteiger partial charge in [-0.15, -0.1) is 0 Å². The second-order valence-electron chi connectivity index (χ2n) is 5.56. The molecule has 116 valence electrons. The van der Waals surface area contributed by atoms with Crippen LogP contribution in [0.25, 0.3) is 0 Å². The van der Waals surface area contributed by atoms with E-state index in [0.29, 0.717) is 25.4 Å². The lowest BCUT2D eigenvalue weighted by Gasteiger charge is -2.18. The number of methoxy groups -OCH3 is 1. The van der Waals surface area contributed by atoms with Gasteiger partial charge in [-0.25, -0.2) is 13.1 Å². The Bertz CT molecular complexity index is 432. The lowest BCUT2D eigenvalue weighted by molar-refractivity contribution is -0.145. The molecule has 0 spiro atoms. The maximum absolute atomic E-state index is 12.2. The molecule has 20 heavy (non-hydrogen) atoms. The van der Waals surface area contributed by atoms with E-state index in [1.807, 2.05) is 0 Å². The average molecular weight is 305 g/mol. The fourth-order valence-corrected chi connectivity index (χ4v) is 4.35. The summed E-state index contributed by atoms with van der Waals surface area (Å²) in [6.07, 6.45) is 4.27. The summed E-state index contributed by atoms with van der Waals surface area (Å²) in [6.45, 7) is 1.36. The molecule has 2 saturated carbocycles. The Morgan fingerprint density at radius 3 is 2.65 bits per heavy atom. The van der Waals surface area contributed by atoms with Gasteiger partial charge >= 0.3 is 5.97 Å². The van der Waals surface area contributed by atoms with Crippen molar-refractivity contribution >= 4 is 16.0 Å². The zero-order valence-corrected chi connectivity index (χ0v) is 12.7. The highest BCUT2D eigenvalue weighted by Crippen LogP contribution is 2.31. The molecular weight excluding hydrogens is 282 g/mol. The average Bonchev–Trinajstić information content (AvgIpc) is 3.10. The van der Waals surface area contributed by atoms with Crippen LogP contribution in [-0.2, 0) is 24.3 Å². The molecule has 2 aliphatic carbocycles. The van der Waals surface area contributed by atoms with Crippen molar-refractivity contribution in [3.63, 3.8) is 0 Å². The minimum atomic E-state index is -3.48. The van der Waals surface area contributed by atoms with Crippen molar-refractivity contribution in [1.29, 1.82) is 0 Å². The summed E-state index contributed by atoms with van der Waals surface area (Å²) < 4.78 is 37.0. The molecule has 2 rings (SSSR count). The number of hydrogen-bond acceptors (Lipinski definition) is 5. The van der Waals surface area contributed by atoms with Gasteiger partial charge in [-0.2, -0.15) is 0 Å². The number of esters is 1. The molecule has 7 heteroatoms. The molecule has 6 nitrogen and oxygen atoms in total. The van der Waals surface area contributed by atoms with E-state index in [1.165, 1.54) is 20.0 Å². The second kappa shape index (κ2) is 6.87. The number of carbonyl (C=O) groups excluding carboxylic acids is 1. The van der Waals surface area contributed by atoms with Gasteiger partial charge in [0.15, 0.2) is 0 Å². The maximum Gasteiger partial charge on any atom is 0.310 e. The monoisotopic (exact) mass is 305 g/mol. The van der Waals surface area contributed by atoms with E-state index in [9.17, 15) is 13.2 Å². The number of ether oxygens (including phenoxy) is 2. The Morgan fingerprint density at radius 2 is 2.00 bits per heavy atom. The number of rotatable bonds is 8. The molecule has 0 aromatic rings. The third-order valence-electron chi connectivity index (χ3n) is 3.96. The van der Waals surface area contributed by atoms with Crippen LogP contribution >= 0.6 is 0 Å². The van der Waals surface area contributed by atoms with Crippen LogP contribution in [0, 0.1) is 11.8 Å². The van der Waals surface area contributed by atoms with Crippen molar-refractivity contribution in [1.82, 2.24) is 4.72 Å². The normalized spacial score (nSPS) is 26.6. The van der Waals surface area contributed by atoms with Gasteiger partial charge in [-0.3, -0.25) is 4.79 Å². The van der Waals surface area contributed by atoms with Gasteiger partial charge in [0.25, 0.3) is 0 Å². The van der Waals surface area contributed by atoms with Crippen molar-refractivity contribution in [2.24, 2.45) is 11.8 Å². The summed E-state index contributed by atoms with van der Waals surface area (Å²) in [6, 6.07) is 0. The fourth-order valence-electron chi connectivity index (χ4n) is 2.62. The first-order valence-electron chi connectivity index (χ1n) is 7.18. The van der Waals surface area contributed by atoms with Crippen LogP contribution in [0.3, 0.4) is 0 Å². The first-order chi connectivity index (χ1) is 9.54. The summed E-state index contributed by atoms with van der Waals surface area (Å²) in [7, 11) is -2.19. The molecule has 0 bridgehead atoms. The zero-order valence-electron chi connectivity index (χ0n) is 11.8. The standard InChI is InChI=1S/C13H23NO5S/c1-18-13(15)11-3-2-4-12(11)20(16,17)14-7-8-19-9-10-5-6-10/h10-12,14H,2-9H2,1H3. The van der Waals surface area contributed by atoms with Crippen LogP contribution in [0.2, 0.25) is 0 Å². The molecule has 2 unspecified atom stereocenters. The number of carbonyl (C=O) groups is 1. The van der Waals surface area contributed by atoms with E-state index < -0.39 is 27.2 Å². The lowest BCUT2D eigenvalue weighted by Crippen LogP contribution is -2.40. The van der Waals surface area contributed by atoms with Gasteiger partial charge < -0.3 is 9.47 Å². The predicted molar refractivity (Wildman–Crippen MR) is 73.6 cm³/mol. The molecule has 2 aliphatic rings. The van der Waals surface area contributed by atoms with Gasteiger partial charge in [-0.05, 0) is 31.6 Å². The van der Waals surface area contributed by atoms with Crippen molar-refractivity contribution in [2.45, 2.75) is 37.4 Å². The van der Waals surface area contributed by atoms with Crippen LogP contribution in [-0.4, -0.2) is 46.5 Å². The van der Waals surface area contributed by atoms with Gasteiger partial charge in [-0.1, -0.05) is 6.42 Å². The molecule has 0 aliphatic heterocycles. The van der Waals surface area contributed by atoms with E-state index in [1.54, 1.807) is 0 Å². The number of hydrogen-bond donors (Lipinski definition) is 1. The Morgan fingerprint density at radius 1 is 1.25 bits per heavy atom. The topological polar surface area (TPSA) is 81.7 Å². The molecule has 0 radical (unpaired) electrons. The Kier molecular flexibility index (Phi) is 5.40. The smallest absolute Gasteiger partial charge is 0.310 e. The van der Waals surface area contributed by atoms with Crippen molar-refractivity contribution in [2.75, 3.05) is 26.9 Å². The first-order valence-corrected chi connectivity index (χ1v) is 8.73. The summed E-state index contributed by atoms with van der Waals surface area (Å²) >= 11 is 0. The van der Waals surface area contributed by atoms with E-state index in [2.05, 4.69) is 9.46 Å². The van der Waals surface area contributed by atoms with E-state index in [4.69, 9.17) is 4.74 Å². The van der Waals surface area contributed by atoms with Crippen molar-refractivity contribution in [3.05, 3.63) is 0 Å². The molecule has 0 saturated heterocycles. The van der Waals surface area contributed by atoms with E-state index >= 15 is 0 Å². The summed E-state index contributed by atoms with van der Waals surface area (Å²) in [5.41, 5.74) is 0. The quantitative estimate of drug-likeness (QED) is 0.526. The van der Waals surface area contributed by atoms with Crippen LogP contribution in [0.1, 0.15) is 32.1 Å². The molecule has 2 atom stereocenters. The molecule has 0 aromatic carbocycles. The van der Waals surface area contributed by atoms with Crippen LogP contribution in [0.5, 0.6) is 0 Å². The molecule has 1 N–H and O–H groups in total. The van der Waals surface area contributed by atoms with Crippen molar-refractivity contribution in [3.8, 4) is 0 Å². The second-order valence-corrected chi connectivity index (χ2v) is 7.54. The lowest BCUT2D eigenvalue weighted by atomic mass is 10.1. The number of sulfonamides is 1. The van der Waals surface area contributed by atoms with Crippen molar-refractivity contribution < 1.29 is 22.7 Å². The molecule has 2 fully saturated rings. The molecule has 0 aromatic heterocycles. The molecule has 0 amide bonds. The summed E-state index contributed by atoms with van der Waals surface area (Å²) in [4.78, 5) is 11.6. The Balaban J connectivity index is 1.77. The minimum absolute atomic E-state index is 0.263. The highest BCUT2D eigenvalue weighted by Gasteiger charge is 2.41. The van der Waals surface area contributed by atoms with Crippen LogP contribution < -0.4 is 4.72 Å². The Hall–Kier alpha value is -0.660. The SMILES string of the molecule is COC(=O)C1CCCC1S(=O)(=O)NCCOCC1CC1. The largest absolute Gasteiger partial charge is 0.469 e. The van der Waals surface area contributed by atoms with Crippen LogP contribution in [0.4, 0.5) is 0 Å². The fraction of sp³-hybridized carbons (Fsp3) is 0.923. The molecule has 0 heterocycles. The summed E-state index contributed by atoms with van der Waals surface area (Å²) in [5, 5.41) is -0.668. The minimum Gasteiger partial charge on any atom is -0.469 e. The molecular formula is C13H23NO5S. The van der Waals surface area contributed by atoms with E-state index in [-0.39, 0.29) is 6.54 Å². The highest BCUT2D eigenvalue weighted by molar-refractivity contribution is 7.90. The van der Waals surface area contributed by atoms with Gasteiger partial charge in [0.1, 0.15) is 0 Å². The highest BCUT2D eigenvalue weighted by atomic mass is 32.2. The predicted octanol–water partition coefficient (Wildman–Crippen LogP) is 0.674. The third-order valence-corrected chi connectivity index (χ3v) is 5.92. The van der Waals surface area contributed by atoms with Gasteiger partial charge in [0.05, 0.1) is 24.9 Å². The van der Waals surface area contributed by atoms with E-state index in [0.717, 1.165) is 13.0 Å².